The Hall–Kier alpha value is -1.28. The van der Waals surface area contributed by atoms with Gasteiger partial charge in [0, 0.05) is 6.04 Å². The van der Waals surface area contributed by atoms with Gasteiger partial charge in [0.25, 0.3) is 0 Å². The first-order valence-electron chi connectivity index (χ1n) is 5.43. The maximum absolute atomic E-state index is 9.27. The van der Waals surface area contributed by atoms with Crippen LogP contribution in [0.15, 0.2) is 30.3 Å². The predicted molar refractivity (Wildman–Crippen MR) is 64.9 cm³/mol. The lowest BCUT2D eigenvalue weighted by Gasteiger charge is -2.07. The number of hydrogen-bond acceptors (Lipinski definition) is 2. The Labute approximate surface area is 91.6 Å². The summed E-state index contributed by atoms with van der Waals surface area (Å²) in [6.45, 7) is 5.30. The second kappa shape index (κ2) is 6.25. The third kappa shape index (κ3) is 4.66. The third-order valence-corrected chi connectivity index (χ3v) is 2.16. The Morgan fingerprint density at radius 3 is 2.93 bits per heavy atom. The summed E-state index contributed by atoms with van der Waals surface area (Å²) in [6, 6.07) is 7.62. The minimum atomic E-state index is 0.311. The minimum Gasteiger partial charge on any atom is -0.508 e. The maximum atomic E-state index is 9.27. The summed E-state index contributed by atoms with van der Waals surface area (Å²) in [5, 5.41) is 12.6. The van der Waals surface area contributed by atoms with Gasteiger partial charge in [0.15, 0.2) is 0 Å². The molecule has 0 aliphatic rings. The lowest BCUT2D eigenvalue weighted by atomic mass is 10.1. The SMILES string of the molecule is CCCNC(C)/C=C/c1cccc(O)c1. The largest absolute Gasteiger partial charge is 0.508 e. The summed E-state index contributed by atoms with van der Waals surface area (Å²) >= 11 is 0. The van der Waals surface area contributed by atoms with Crippen LogP contribution >= 0.6 is 0 Å². The monoisotopic (exact) mass is 205 g/mol. The molecule has 1 unspecified atom stereocenters. The Morgan fingerprint density at radius 2 is 2.27 bits per heavy atom. The van der Waals surface area contributed by atoms with Gasteiger partial charge in [-0.25, -0.2) is 0 Å². The van der Waals surface area contributed by atoms with Crippen molar-refractivity contribution in [3.8, 4) is 5.75 Å². The van der Waals surface area contributed by atoms with Crippen LogP contribution in [0.3, 0.4) is 0 Å². The molecule has 0 amide bonds. The average molecular weight is 205 g/mol. The van der Waals surface area contributed by atoms with Crippen LogP contribution in [-0.2, 0) is 0 Å². The highest BCUT2D eigenvalue weighted by Gasteiger charge is 1.94. The van der Waals surface area contributed by atoms with Gasteiger partial charge >= 0.3 is 0 Å². The molecule has 0 spiro atoms. The van der Waals surface area contributed by atoms with E-state index in [1.807, 2.05) is 18.2 Å². The molecule has 0 fully saturated rings. The first-order valence-corrected chi connectivity index (χ1v) is 5.43. The van der Waals surface area contributed by atoms with Crippen LogP contribution in [0, 0.1) is 0 Å². The highest BCUT2D eigenvalue weighted by Crippen LogP contribution is 2.12. The van der Waals surface area contributed by atoms with Gasteiger partial charge in [-0.1, -0.05) is 31.2 Å². The van der Waals surface area contributed by atoms with Gasteiger partial charge in [0.1, 0.15) is 5.75 Å². The first-order chi connectivity index (χ1) is 7.22. The van der Waals surface area contributed by atoms with Crippen molar-refractivity contribution in [2.24, 2.45) is 0 Å². The predicted octanol–water partition coefficient (Wildman–Crippen LogP) is 2.79. The fraction of sp³-hybridized carbons (Fsp3) is 0.385. The molecule has 1 rings (SSSR count). The van der Waals surface area contributed by atoms with Crippen molar-refractivity contribution in [1.82, 2.24) is 5.32 Å². The van der Waals surface area contributed by atoms with E-state index in [1.54, 1.807) is 12.1 Å². The molecule has 0 aromatic heterocycles. The van der Waals surface area contributed by atoms with E-state index in [0.717, 1.165) is 18.5 Å². The molecule has 0 saturated carbocycles. The van der Waals surface area contributed by atoms with Crippen molar-refractivity contribution in [2.45, 2.75) is 26.3 Å². The molecule has 0 heterocycles. The standard InChI is InChI=1S/C13H19NO/c1-3-9-14-11(2)7-8-12-5-4-6-13(15)10-12/h4-8,10-11,14-15H,3,9H2,1-2H3/b8-7+. The van der Waals surface area contributed by atoms with E-state index in [-0.39, 0.29) is 0 Å². The Kier molecular flexibility index (Phi) is 4.91. The second-order valence-corrected chi connectivity index (χ2v) is 3.70. The van der Waals surface area contributed by atoms with Gasteiger partial charge in [0.2, 0.25) is 0 Å². The smallest absolute Gasteiger partial charge is 0.116 e. The highest BCUT2D eigenvalue weighted by molar-refractivity contribution is 5.51. The Bertz CT molecular complexity index is 320. The Morgan fingerprint density at radius 1 is 1.47 bits per heavy atom. The molecule has 0 bridgehead atoms. The second-order valence-electron chi connectivity index (χ2n) is 3.70. The maximum Gasteiger partial charge on any atom is 0.116 e. The number of phenolic OH excluding ortho intramolecular Hbond substituents is 1. The summed E-state index contributed by atoms with van der Waals surface area (Å²) in [4.78, 5) is 0. The summed E-state index contributed by atoms with van der Waals surface area (Å²) in [5.41, 5.74) is 1.03. The summed E-state index contributed by atoms with van der Waals surface area (Å²) in [5.74, 6) is 0.311. The lowest BCUT2D eigenvalue weighted by molar-refractivity contribution is 0.475. The van der Waals surface area contributed by atoms with Crippen LogP contribution in [0.25, 0.3) is 6.08 Å². The van der Waals surface area contributed by atoms with Crippen molar-refractivity contribution in [3.05, 3.63) is 35.9 Å². The molecule has 2 nitrogen and oxygen atoms in total. The molecule has 0 radical (unpaired) electrons. The van der Waals surface area contributed by atoms with E-state index in [9.17, 15) is 5.11 Å². The minimum absolute atomic E-state index is 0.311. The van der Waals surface area contributed by atoms with E-state index in [0.29, 0.717) is 11.8 Å². The molecule has 1 atom stereocenters. The van der Waals surface area contributed by atoms with Crippen molar-refractivity contribution >= 4 is 6.08 Å². The molecular weight excluding hydrogens is 186 g/mol. The summed E-state index contributed by atoms with van der Waals surface area (Å²) < 4.78 is 0. The van der Waals surface area contributed by atoms with E-state index < -0.39 is 0 Å². The molecule has 15 heavy (non-hydrogen) atoms. The number of phenols is 1. The van der Waals surface area contributed by atoms with Gasteiger partial charge in [-0.2, -0.15) is 0 Å². The van der Waals surface area contributed by atoms with Crippen molar-refractivity contribution in [1.29, 1.82) is 0 Å². The molecule has 2 heteroatoms. The van der Waals surface area contributed by atoms with Crippen molar-refractivity contribution in [3.63, 3.8) is 0 Å². The fourth-order valence-electron chi connectivity index (χ4n) is 1.32. The summed E-state index contributed by atoms with van der Waals surface area (Å²) in [6.07, 6.45) is 5.27. The van der Waals surface area contributed by atoms with Crippen molar-refractivity contribution < 1.29 is 5.11 Å². The molecule has 82 valence electrons. The molecule has 0 aliphatic carbocycles. The normalized spacial score (nSPS) is 13.2. The highest BCUT2D eigenvalue weighted by atomic mass is 16.3. The van der Waals surface area contributed by atoms with Gasteiger partial charge in [-0.15, -0.1) is 0 Å². The molecule has 2 N–H and O–H groups in total. The number of benzene rings is 1. The topological polar surface area (TPSA) is 32.3 Å². The van der Waals surface area contributed by atoms with E-state index in [1.165, 1.54) is 0 Å². The molecule has 0 saturated heterocycles. The number of hydrogen-bond donors (Lipinski definition) is 2. The molecule has 1 aromatic carbocycles. The molecule has 0 aliphatic heterocycles. The van der Waals surface area contributed by atoms with Gasteiger partial charge in [-0.3, -0.25) is 0 Å². The quantitative estimate of drug-likeness (QED) is 0.774. The number of rotatable bonds is 5. The van der Waals surface area contributed by atoms with Crippen LogP contribution in [0.1, 0.15) is 25.8 Å². The first kappa shape index (κ1) is 11.8. The van der Waals surface area contributed by atoms with E-state index in [4.69, 9.17) is 0 Å². The van der Waals surface area contributed by atoms with Crippen LogP contribution in [0.5, 0.6) is 5.75 Å². The molecular formula is C13H19NO. The van der Waals surface area contributed by atoms with Gasteiger partial charge in [0.05, 0.1) is 0 Å². The van der Waals surface area contributed by atoms with Gasteiger partial charge < -0.3 is 10.4 Å². The number of nitrogens with one attached hydrogen (secondary N) is 1. The fourth-order valence-corrected chi connectivity index (χ4v) is 1.32. The number of aromatic hydroxyl groups is 1. The van der Waals surface area contributed by atoms with E-state index >= 15 is 0 Å². The van der Waals surface area contributed by atoms with Crippen LogP contribution in [-0.4, -0.2) is 17.7 Å². The Balaban J connectivity index is 2.49. The summed E-state index contributed by atoms with van der Waals surface area (Å²) in [7, 11) is 0. The van der Waals surface area contributed by atoms with E-state index in [2.05, 4.69) is 25.2 Å². The van der Waals surface area contributed by atoms with Crippen LogP contribution in [0.4, 0.5) is 0 Å². The van der Waals surface area contributed by atoms with Crippen molar-refractivity contribution in [2.75, 3.05) is 6.54 Å². The van der Waals surface area contributed by atoms with Crippen LogP contribution in [0.2, 0.25) is 0 Å². The zero-order chi connectivity index (χ0) is 11.1. The van der Waals surface area contributed by atoms with Gasteiger partial charge in [-0.05, 0) is 37.6 Å². The average Bonchev–Trinajstić information content (AvgIpc) is 2.23. The zero-order valence-electron chi connectivity index (χ0n) is 9.40. The zero-order valence-corrected chi connectivity index (χ0v) is 9.40. The third-order valence-electron chi connectivity index (χ3n) is 2.16. The molecule has 1 aromatic rings. The van der Waals surface area contributed by atoms with Crippen LogP contribution < -0.4 is 5.32 Å². The lowest BCUT2D eigenvalue weighted by Crippen LogP contribution is -2.24.